The van der Waals surface area contributed by atoms with Crippen molar-refractivity contribution in [2.45, 2.75) is 0 Å². The van der Waals surface area contributed by atoms with Crippen molar-refractivity contribution in [3.63, 3.8) is 0 Å². The molecule has 0 N–H and O–H groups in total. The van der Waals surface area contributed by atoms with Crippen LogP contribution in [0.3, 0.4) is 0 Å². The molecule has 0 heterocycles. The molecule has 0 aliphatic carbocycles. The molecule has 0 amide bonds. The molecule has 16 nitrogen and oxygen atoms in total. The Morgan fingerprint density at radius 1 is 0.444 bits per heavy atom. The molecule has 0 atom stereocenters. The van der Waals surface area contributed by atoms with E-state index in [0.29, 0.717) is 0 Å². The zero-order valence-electron chi connectivity index (χ0n) is 7.32. The maximum atomic E-state index is 8.25. The molecule has 0 aromatic heterocycles. The second kappa shape index (κ2) is 29.4. The van der Waals surface area contributed by atoms with Gasteiger partial charge in [0.05, 0.1) is 20.3 Å². The van der Waals surface area contributed by atoms with Gasteiger partial charge in [-0.2, -0.15) is 0 Å². The second-order valence-electron chi connectivity index (χ2n) is 0.894. The third kappa shape index (κ3) is 481. The van der Waals surface area contributed by atoms with E-state index in [1.165, 1.54) is 0 Å². The van der Waals surface area contributed by atoms with Crippen LogP contribution in [0, 0.1) is 61.3 Å². The number of hydrogen-bond donors (Lipinski definition) is 0. The van der Waals surface area contributed by atoms with Crippen LogP contribution in [-0.4, -0.2) is 20.3 Å². The average molecular weight is 370 g/mol. The van der Waals surface area contributed by atoms with Gasteiger partial charge in [0, 0.05) is 0 Å². The molecule has 0 saturated heterocycles. The van der Waals surface area contributed by atoms with Gasteiger partial charge in [-0.1, -0.05) is 0 Å². The maximum absolute atomic E-state index is 8.25. The van der Waals surface area contributed by atoms with Crippen molar-refractivity contribution in [2.75, 3.05) is 0 Å². The number of rotatable bonds is 0. The molecule has 0 aliphatic heterocycles. The minimum Gasteiger partial charge on any atom is -0.356 e. The molecular formula is CoCuN4O12. The van der Waals surface area contributed by atoms with Gasteiger partial charge in [0.15, 0.2) is 0 Å². The molecule has 0 rings (SSSR count). The molecular weight excluding hydrogens is 370 g/mol. The molecule has 0 fully saturated rings. The summed E-state index contributed by atoms with van der Waals surface area (Å²) in [5, 5.41) is 59.0. The first kappa shape index (κ1) is 36.0. The van der Waals surface area contributed by atoms with Gasteiger partial charge in [-0.3, -0.25) is 0 Å². The van der Waals surface area contributed by atoms with Crippen LogP contribution in [-0.2, 0) is 33.8 Å². The van der Waals surface area contributed by atoms with Gasteiger partial charge in [0.1, 0.15) is 0 Å². The quantitative estimate of drug-likeness (QED) is 0.283. The van der Waals surface area contributed by atoms with Crippen LogP contribution >= 0.6 is 0 Å². The fourth-order valence-corrected chi connectivity index (χ4v) is 0. The van der Waals surface area contributed by atoms with Gasteiger partial charge in [0.2, 0.25) is 0 Å². The Morgan fingerprint density at radius 2 is 0.444 bits per heavy atom. The minimum absolute atomic E-state index is 0. The Morgan fingerprint density at radius 3 is 0.444 bits per heavy atom. The van der Waals surface area contributed by atoms with Gasteiger partial charge >= 0.3 is 33.8 Å². The monoisotopic (exact) mass is 370 g/mol. The Hall–Kier alpha value is -2.17. The molecule has 18 heteroatoms. The molecule has 2 radical (unpaired) electrons. The summed E-state index contributed by atoms with van der Waals surface area (Å²) in [6.07, 6.45) is 0. The van der Waals surface area contributed by atoms with Crippen LogP contribution < -0.4 is 0 Å². The zero-order chi connectivity index (χ0) is 14.3. The molecule has 0 saturated carbocycles. The van der Waals surface area contributed by atoms with Crippen molar-refractivity contribution >= 4 is 0 Å². The zero-order valence-corrected chi connectivity index (χ0v) is 9.31. The Bertz CT molecular complexity index is 164. The molecule has 0 aromatic carbocycles. The third-order valence-corrected chi connectivity index (χ3v) is 0. The Labute approximate surface area is 116 Å². The molecule has 0 bridgehead atoms. The molecule has 0 spiro atoms. The SMILES string of the molecule is O=[N+]([O-])[O-].O=[N+]([O-])[O-].O=[N+]([O-])[O-].O=[N+]([O-])[O-].[Co+2].[Cu+2]. The third-order valence-electron chi connectivity index (χ3n) is 0. The van der Waals surface area contributed by atoms with Crippen molar-refractivity contribution < 1.29 is 54.2 Å². The van der Waals surface area contributed by atoms with E-state index >= 15 is 0 Å². The van der Waals surface area contributed by atoms with E-state index in [9.17, 15) is 0 Å². The van der Waals surface area contributed by atoms with Crippen LogP contribution in [0.2, 0.25) is 0 Å². The standard InChI is InChI=1S/Co.Cu.4NO3/c;;4*2-1(3)4/q2*+2;4*-1. The summed E-state index contributed by atoms with van der Waals surface area (Å²) in [4.78, 5) is 33.0. The van der Waals surface area contributed by atoms with E-state index in [1.807, 2.05) is 0 Å². The molecule has 18 heavy (non-hydrogen) atoms. The van der Waals surface area contributed by atoms with Gasteiger partial charge in [-0.05, 0) is 0 Å². The van der Waals surface area contributed by atoms with Crippen LogP contribution in [0.1, 0.15) is 0 Å². The van der Waals surface area contributed by atoms with Gasteiger partial charge < -0.3 is 61.3 Å². The van der Waals surface area contributed by atoms with Gasteiger partial charge in [-0.25, -0.2) is 0 Å². The predicted octanol–water partition coefficient (Wildman–Crippen LogP) is -0.961. The fraction of sp³-hybridized carbons (Fsp3) is 0. The molecule has 112 valence electrons. The molecule has 0 aliphatic rings. The summed E-state index contributed by atoms with van der Waals surface area (Å²) in [6, 6.07) is 0. The van der Waals surface area contributed by atoms with E-state index in [2.05, 4.69) is 0 Å². The Balaban J connectivity index is -0.0000000257. The fourth-order valence-electron chi connectivity index (χ4n) is 0. The summed E-state index contributed by atoms with van der Waals surface area (Å²) in [5.41, 5.74) is 0. The van der Waals surface area contributed by atoms with Gasteiger partial charge in [-0.15, -0.1) is 0 Å². The maximum Gasteiger partial charge on any atom is 2.00 e. The summed E-state index contributed by atoms with van der Waals surface area (Å²) in [7, 11) is 0. The summed E-state index contributed by atoms with van der Waals surface area (Å²) in [5.74, 6) is 0. The average Bonchev–Trinajstić information content (AvgIpc) is 1.76. The van der Waals surface area contributed by atoms with Crippen LogP contribution in [0.5, 0.6) is 0 Å². The Kier molecular flexibility index (Phi) is 58.8. The van der Waals surface area contributed by atoms with Crippen LogP contribution in [0.4, 0.5) is 0 Å². The van der Waals surface area contributed by atoms with Crippen molar-refractivity contribution in [1.82, 2.24) is 0 Å². The molecule has 0 aromatic rings. The van der Waals surface area contributed by atoms with Crippen molar-refractivity contribution in [3.05, 3.63) is 61.3 Å². The number of nitrogens with zero attached hydrogens (tertiary/aromatic N) is 4. The first-order chi connectivity index (χ1) is 6.93. The second-order valence-corrected chi connectivity index (χ2v) is 0.894. The number of hydrogen-bond acceptors (Lipinski definition) is 12. The van der Waals surface area contributed by atoms with Gasteiger partial charge in [0.25, 0.3) is 0 Å². The van der Waals surface area contributed by atoms with Crippen LogP contribution in [0.25, 0.3) is 0 Å². The minimum atomic E-state index is -1.75. The topological polar surface area (TPSA) is 265 Å². The van der Waals surface area contributed by atoms with Crippen molar-refractivity contribution in [3.8, 4) is 0 Å². The van der Waals surface area contributed by atoms with Crippen molar-refractivity contribution in [2.24, 2.45) is 0 Å². The van der Waals surface area contributed by atoms with E-state index in [4.69, 9.17) is 61.3 Å². The van der Waals surface area contributed by atoms with E-state index in [0.717, 1.165) is 0 Å². The van der Waals surface area contributed by atoms with Crippen molar-refractivity contribution in [1.29, 1.82) is 0 Å². The van der Waals surface area contributed by atoms with E-state index < -0.39 is 20.3 Å². The smallest absolute Gasteiger partial charge is 0.356 e. The van der Waals surface area contributed by atoms with E-state index in [-0.39, 0.29) is 33.8 Å². The summed E-state index contributed by atoms with van der Waals surface area (Å²) < 4.78 is 0. The summed E-state index contributed by atoms with van der Waals surface area (Å²) in [6.45, 7) is 0. The van der Waals surface area contributed by atoms with E-state index in [1.54, 1.807) is 0 Å². The predicted molar refractivity (Wildman–Crippen MR) is 41.4 cm³/mol. The summed E-state index contributed by atoms with van der Waals surface area (Å²) >= 11 is 0. The normalized spacial score (nSPS) is 5.33. The molecule has 0 unspecified atom stereocenters. The first-order valence-electron chi connectivity index (χ1n) is 2.19. The van der Waals surface area contributed by atoms with Crippen LogP contribution in [0.15, 0.2) is 0 Å². The largest absolute Gasteiger partial charge is 2.00 e. The first-order valence-corrected chi connectivity index (χ1v) is 2.19.